The smallest absolute Gasteiger partial charge is 0.490 e. The second-order valence-corrected chi connectivity index (χ2v) is 10.5. The third kappa shape index (κ3) is 10.5. The predicted molar refractivity (Wildman–Crippen MR) is 149 cm³/mol. The lowest BCUT2D eigenvalue weighted by atomic mass is 9.88. The van der Waals surface area contributed by atoms with Gasteiger partial charge in [-0.2, -0.15) is 26.3 Å². The first-order chi connectivity index (χ1) is 21.9. The van der Waals surface area contributed by atoms with E-state index in [2.05, 4.69) is 19.8 Å². The van der Waals surface area contributed by atoms with Gasteiger partial charge in [-0.3, -0.25) is 9.69 Å². The van der Waals surface area contributed by atoms with Crippen molar-refractivity contribution in [2.45, 2.75) is 63.5 Å². The van der Waals surface area contributed by atoms with Gasteiger partial charge < -0.3 is 34.0 Å². The highest BCUT2D eigenvalue weighted by atomic mass is 19.4. The molecule has 4 heterocycles. The summed E-state index contributed by atoms with van der Waals surface area (Å²) in [6.45, 7) is 5.37. The highest BCUT2D eigenvalue weighted by Gasteiger charge is 2.47. The van der Waals surface area contributed by atoms with Gasteiger partial charge >= 0.3 is 24.3 Å². The maximum absolute atomic E-state index is 13.0. The molecular weight excluding hydrogens is 646 g/mol. The number of piperidine rings is 1. The number of carbonyl (C=O) groups is 3. The van der Waals surface area contributed by atoms with E-state index in [1.165, 1.54) is 0 Å². The number of nitrogens with zero attached hydrogens (tertiary/aromatic N) is 3. The molecule has 1 spiro atoms. The summed E-state index contributed by atoms with van der Waals surface area (Å²) < 4.78 is 83.0. The molecule has 1 saturated heterocycles. The highest BCUT2D eigenvalue weighted by molar-refractivity contribution is 5.81. The maximum atomic E-state index is 13.0. The average Bonchev–Trinajstić information content (AvgIpc) is 3.66. The molecule has 0 saturated carbocycles. The number of rotatable bonds is 6. The number of likely N-dealkylation sites (tertiary alicyclic amines) is 1. The van der Waals surface area contributed by atoms with Crippen molar-refractivity contribution in [3.05, 3.63) is 71.7 Å². The zero-order valence-corrected chi connectivity index (χ0v) is 25.1. The van der Waals surface area contributed by atoms with Gasteiger partial charge in [-0.15, -0.1) is 0 Å². The van der Waals surface area contributed by atoms with Gasteiger partial charge in [0, 0.05) is 32.0 Å². The van der Waals surface area contributed by atoms with E-state index in [1.54, 1.807) is 13.3 Å². The molecule has 47 heavy (non-hydrogen) atoms. The van der Waals surface area contributed by atoms with Crippen LogP contribution in [-0.4, -0.2) is 81.2 Å². The number of hydrogen-bond acceptors (Lipinski definition) is 8. The summed E-state index contributed by atoms with van der Waals surface area (Å²) in [5, 5.41) is 17.3. The number of aromatic nitrogens is 2. The van der Waals surface area contributed by atoms with E-state index in [0.717, 1.165) is 61.1 Å². The lowest BCUT2D eigenvalue weighted by molar-refractivity contribution is -0.193. The number of carbonyl (C=O) groups excluding carboxylic acids is 1. The molecule has 1 atom stereocenters. The van der Waals surface area contributed by atoms with E-state index in [0.29, 0.717) is 13.1 Å². The summed E-state index contributed by atoms with van der Waals surface area (Å²) in [5.74, 6) is -1.98. The molecular formula is C29H32F6N4O8. The topological polar surface area (TPSA) is 156 Å². The van der Waals surface area contributed by atoms with Crippen molar-refractivity contribution in [3.8, 4) is 5.75 Å². The summed E-state index contributed by atoms with van der Waals surface area (Å²) in [5.41, 5.74) is 0.471. The van der Waals surface area contributed by atoms with Crippen molar-refractivity contribution >= 4 is 17.8 Å². The Hall–Kier alpha value is -4.58. The number of alkyl halides is 6. The number of furan rings is 1. The molecule has 1 amide bonds. The van der Waals surface area contributed by atoms with E-state index in [4.69, 9.17) is 33.7 Å². The fourth-order valence-corrected chi connectivity index (χ4v) is 4.78. The number of benzene rings is 1. The fourth-order valence-electron chi connectivity index (χ4n) is 4.78. The molecule has 0 aliphatic carbocycles. The molecule has 2 aliphatic heterocycles. The third-order valence-corrected chi connectivity index (χ3v) is 7.10. The third-order valence-electron chi connectivity index (χ3n) is 7.10. The van der Waals surface area contributed by atoms with Gasteiger partial charge in [-0.1, -0.05) is 12.1 Å². The van der Waals surface area contributed by atoms with E-state index in [-0.39, 0.29) is 5.91 Å². The van der Waals surface area contributed by atoms with Crippen LogP contribution < -0.4 is 10.1 Å². The Morgan fingerprint density at radius 1 is 1.00 bits per heavy atom. The SMILES string of the molecule is COc1ccc(CNC(=O)C2Cn3ccnc3C3(CCN(Cc4ccc(C)o4)CC3)O2)cc1.O=C(O)C(F)(F)F.O=C(O)C(F)(F)F. The minimum Gasteiger partial charge on any atom is -0.497 e. The van der Waals surface area contributed by atoms with Crippen molar-refractivity contribution in [3.63, 3.8) is 0 Å². The maximum Gasteiger partial charge on any atom is 0.490 e. The Kier molecular flexibility index (Phi) is 12.0. The number of aliphatic carboxylic acids is 2. The molecule has 1 aromatic carbocycles. The Bertz CT molecular complexity index is 1470. The van der Waals surface area contributed by atoms with Crippen molar-refractivity contribution in [2.24, 2.45) is 0 Å². The van der Waals surface area contributed by atoms with Crippen LogP contribution in [0, 0.1) is 6.92 Å². The number of aryl methyl sites for hydroxylation is 1. The number of carboxylic acids is 2. The van der Waals surface area contributed by atoms with Crippen LogP contribution in [0.15, 0.2) is 53.2 Å². The summed E-state index contributed by atoms with van der Waals surface area (Å²) in [4.78, 5) is 37.8. The van der Waals surface area contributed by atoms with Crippen LogP contribution in [0.4, 0.5) is 26.3 Å². The molecule has 0 radical (unpaired) electrons. The van der Waals surface area contributed by atoms with Crippen LogP contribution >= 0.6 is 0 Å². The fraction of sp³-hybridized carbons (Fsp3) is 0.448. The largest absolute Gasteiger partial charge is 0.497 e. The monoisotopic (exact) mass is 678 g/mol. The summed E-state index contributed by atoms with van der Waals surface area (Å²) in [6, 6.07) is 11.7. The Morgan fingerprint density at radius 3 is 2.06 bits per heavy atom. The second kappa shape index (κ2) is 15.3. The van der Waals surface area contributed by atoms with Gasteiger partial charge in [0.05, 0.1) is 20.2 Å². The minimum atomic E-state index is -5.08. The van der Waals surface area contributed by atoms with E-state index in [9.17, 15) is 31.1 Å². The van der Waals surface area contributed by atoms with Gasteiger partial charge in [0.1, 0.15) is 28.7 Å². The molecule has 2 aromatic heterocycles. The van der Waals surface area contributed by atoms with Crippen LogP contribution in [0.1, 0.15) is 35.7 Å². The molecule has 1 unspecified atom stereocenters. The van der Waals surface area contributed by atoms with Gasteiger partial charge in [-0.05, 0) is 49.6 Å². The number of amides is 1. The van der Waals surface area contributed by atoms with Crippen LogP contribution in [-0.2, 0) is 44.4 Å². The van der Waals surface area contributed by atoms with Crippen molar-refractivity contribution < 1.29 is 64.8 Å². The van der Waals surface area contributed by atoms with Crippen molar-refractivity contribution in [1.29, 1.82) is 0 Å². The predicted octanol–water partition coefficient (Wildman–Crippen LogP) is 4.27. The minimum absolute atomic E-state index is 0.0990. The summed E-state index contributed by atoms with van der Waals surface area (Å²) in [6.07, 6.45) is -5.40. The first kappa shape index (κ1) is 36.9. The normalized spacial score (nSPS) is 17.3. The van der Waals surface area contributed by atoms with Gasteiger partial charge in [-0.25, -0.2) is 14.6 Å². The van der Waals surface area contributed by atoms with Gasteiger partial charge in [0.15, 0.2) is 6.10 Å². The summed E-state index contributed by atoms with van der Waals surface area (Å²) >= 11 is 0. The Labute approximate surface area is 263 Å². The first-order valence-corrected chi connectivity index (χ1v) is 13.9. The Balaban J connectivity index is 0.000000360. The van der Waals surface area contributed by atoms with E-state index in [1.807, 2.05) is 49.5 Å². The molecule has 1 fully saturated rings. The highest BCUT2D eigenvalue weighted by Crippen LogP contribution is 2.40. The van der Waals surface area contributed by atoms with Crippen LogP contribution in [0.2, 0.25) is 0 Å². The first-order valence-electron chi connectivity index (χ1n) is 13.9. The van der Waals surface area contributed by atoms with Gasteiger partial charge in [0.2, 0.25) is 0 Å². The molecule has 3 aromatic rings. The molecule has 0 bridgehead atoms. The van der Waals surface area contributed by atoms with Crippen LogP contribution in [0.5, 0.6) is 5.75 Å². The quantitative estimate of drug-likeness (QED) is 0.322. The molecule has 3 N–H and O–H groups in total. The van der Waals surface area contributed by atoms with Gasteiger partial charge in [0.25, 0.3) is 5.91 Å². The zero-order chi connectivity index (χ0) is 35.0. The van der Waals surface area contributed by atoms with E-state index >= 15 is 0 Å². The Morgan fingerprint density at radius 2 is 1.57 bits per heavy atom. The molecule has 2 aliphatic rings. The van der Waals surface area contributed by atoms with E-state index < -0.39 is 36.0 Å². The number of nitrogens with one attached hydrogen (secondary N) is 1. The number of hydrogen-bond donors (Lipinski definition) is 3. The number of halogens is 6. The van der Waals surface area contributed by atoms with Crippen LogP contribution in [0.25, 0.3) is 0 Å². The average molecular weight is 679 g/mol. The second-order valence-electron chi connectivity index (χ2n) is 10.5. The molecule has 258 valence electrons. The summed E-state index contributed by atoms with van der Waals surface area (Å²) in [7, 11) is 1.64. The number of carboxylic acid groups (broad SMARTS) is 2. The molecule has 12 nitrogen and oxygen atoms in total. The molecule has 5 rings (SSSR count). The number of fused-ring (bicyclic) bond motifs is 2. The number of ether oxygens (including phenoxy) is 2. The zero-order valence-electron chi connectivity index (χ0n) is 25.1. The van der Waals surface area contributed by atoms with Crippen molar-refractivity contribution in [2.75, 3.05) is 20.2 Å². The lowest BCUT2D eigenvalue weighted by Crippen LogP contribution is -2.53. The number of imidazole rings is 1. The lowest BCUT2D eigenvalue weighted by Gasteiger charge is -2.45. The standard InChI is InChI=1S/C25H30N4O4.2C2HF3O2/c1-18-3-6-21(32-18)16-28-12-9-25(10-13-28)24-26-11-14-29(24)17-22(33-25)23(30)27-15-19-4-7-20(31-2)8-5-19;2*3-2(4,5)1(6)7/h3-8,11,14,22H,9-10,12-13,15-17H2,1-2H3,(H,27,30);2*(H,6,7). The number of methoxy groups -OCH3 is 1. The molecule has 18 heteroatoms. The van der Waals surface area contributed by atoms with Crippen molar-refractivity contribution in [1.82, 2.24) is 19.8 Å². The van der Waals surface area contributed by atoms with Crippen LogP contribution in [0.3, 0.4) is 0 Å².